The van der Waals surface area contributed by atoms with Crippen LogP contribution in [0.4, 0.5) is 4.79 Å². The van der Waals surface area contributed by atoms with E-state index in [-0.39, 0.29) is 23.6 Å². The normalized spacial score (nSPS) is 24.3. The summed E-state index contributed by atoms with van der Waals surface area (Å²) < 4.78 is 16.1. The summed E-state index contributed by atoms with van der Waals surface area (Å²) in [5, 5.41) is 3.76. The van der Waals surface area contributed by atoms with Gasteiger partial charge in [0.15, 0.2) is 5.65 Å². The molecule has 2 aliphatic carbocycles. The number of ether oxygens (including phenoxy) is 2. The van der Waals surface area contributed by atoms with E-state index < -0.39 is 13.7 Å². The number of nitrogens with one attached hydrogen (secondary N) is 1. The first kappa shape index (κ1) is 27.6. The number of carbonyl (C=O) groups excluding carboxylic acids is 1. The number of amides is 1. The van der Waals surface area contributed by atoms with Crippen LogP contribution in [0.3, 0.4) is 0 Å². The van der Waals surface area contributed by atoms with E-state index in [0.29, 0.717) is 24.0 Å². The molecule has 2 heterocycles. The van der Waals surface area contributed by atoms with Gasteiger partial charge in [0.2, 0.25) is 0 Å². The van der Waals surface area contributed by atoms with Gasteiger partial charge < -0.3 is 19.4 Å². The summed E-state index contributed by atoms with van der Waals surface area (Å²) in [5.41, 5.74) is 0.218. The molecule has 2 bridgehead atoms. The number of nitrogens with zero attached hydrogens (tertiary/aromatic N) is 3. The largest absolute Gasteiger partial charge is 0.444 e. The van der Waals surface area contributed by atoms with Crippen LogP contribution in [-0.4, -0.2) is 46.5 Å². The number of halogens is 1. The maximum absolute atomic E-state index is 13.5. The van der Waals surface area contributed by atoms with Crippen LogP contribution in [0.15, 0.2) is 11.0 Å². The Hall–Kier alpha value is -1.40. The van der Waals surface area contributed by atoms with Gasteiger partial charge in [0.25, 0.3) is 5.56 Å². The Bertz CT molecular complexity index is 1170. The van der Waals surface area contributed by atoms with Crippen LogP contribution in [-0.2, 0) is 23.3 Å². The van der Waals surface area contributed by atoms with Crippen molar-refractivity contribution < 1.29 is 14.3 Å². The lowest BCUT2D eigenvalue weighted by atomic mass is 9.75. The second kappa shape index (κ2) is 10.4. The van der Waals surface area contributed by atoms with Crippen LogP contribution in [0.5, 0.6) is 0 Å². The van der Waals surface area contributed by atoms with Crippen molar-refractivity contribution in [1.29, 1.82) is 0 Å². The van der Waals surface area contributed by atoms with Crippen molar-refractivity contribution in [2.24, 2.45) is 18.9 Å². The highest BCUT2D eigenvalue weighted by atomic mass is 127. The summed E-state index contributed by atoms with van der Waals surface area (Å²) >= 11 is 2.23. The van der Waals surface area contributed by atoms with E-state index in [1.54, 1.807) is 4.57 Å². The molecular formula is C26H41IN4O4Si. The van der Waals surface area contributed by atoms with Gasteiger partial charge in [-0.3, -0.25) is 9.36 Å². The minimum Gasteiger partial charge on any atom is -0.444 e. The van der Waals surface area contributed by atoms with Crippen molar-refractivity contribution in [3.05, 3.63) is 25.9 Å². The first-order valence-corrected chi connectivity index (χ1v) is 17.8. The van der Waals surface area contributed by atoms with Crippen LogP contribution in [0, 0.1) is 15.4 Å². The SMILES string of the molecule is Cn1c(C2C3CCC2CC(NC(=O)OC(C)(C)C)C3)nc2c(c(I)cn2COCC[Si](C)(C)C)c1=O. The first-order chi connectivity index (χ1) is 16.7. The molecule has 2 aromatic rings. The van der Waals surface area contributed by atoms with Crippen molar-refractivity contribution >= 4 is 47.8 Å². The minimum atomic E-state index is -1.17. The molecule has 2 saturated carbocycles. The second-order valence-corrected chi connectivity index (χ2v) is 19.5. The molecule has 2 aliphatic rings. The number of fused-ring (bicyclic) bond motifs is 3. The van der Waals surface area contributed by atoms with E-state index in [1.807, 2.05) is 38.6 Å². The number of rotatable bonds is 7. The van der Waals surface area contributed by atoms with Crippen LogP contribution < -0.4 is 10.9 Å². The summed E-state index contributed by atoms with van der Waals surface area (Å²) in [5.74, 6) is 1.86. The summed E-state index contributed by atoms with van der Waals surface area (Å²) in [6.07, 6.45) is 5.58. The van der Waals surface area contributed by atoms with E-state index in [9.17, 15) is 9.59 Å². The highest BCUT2D eigenvalue weighted by molar-refractivity contribution is 14.1. The molecule has 1 amide bonds. The predicted octanol–water partition coefficient (Wildman–Crippen LogP) is 5.45. The van der Waals surface area contributed by atoms with Gasteiger partial charge in [-0.05, 0) is 86.9 Å². The number of hydrogen-bond donors (Lipinski definition) is 1. The Morgan fingerprint density at radius 2 is 1.86 bits per heavy atom. The van der Waals surface area contributed by atoms with Gasteiger partial charge in [-0.2, -0.15) is 0 Å². The molecule has 0 radical (unpaired) electrons. The Morgan fingerprint density at radius 1 is 1.22 bits per heavy atom. The maximum atomic E-state index is 13.5. The quantitative estimate of drug-likeness (QED) is 0.251. The zero-order valence-electron chi connectivity index (χ0n) is 22.7. The van der Waals surface area contributed by atoms with Gasteiger partial charge in [0.05, 0.1) is 5.39 Å². The lowest BCUT2D eigenvalue weighted by Gasteiger charge is -2.36. The third-order valence-corrected chi connectivity index (χ3v) is 9.95. The number of alkyl carbamates (subject to hydrolysis) is 1. The third kappa shape index (κ3) is 6.17. The van der Waals surface area contributed by atoms with Crippen LogP contribution in [0.2, 0.25) is 25.7 Å². The van der Waals surface area contributed by atoms with E-state index in [4.69, 9.17) is 14.5 Å². The summed E-state index contributed by atoms with van der Waals surface area (Å²) in [6, 6.07) is 1.20. The van der Waals surface area contributed by atoms with Gasteiger partial charge in [-0.25, -0.2) is 9.78 Å². The molecule has 10 heteroatoms. The van der Waals surface area contributed by atoms with Crippen molar-refractivity contribution in [1.82, 2.24) is 19.4 Å². The smallest absolute Gasteiger partial charge is 0.407 e. The highest BCUT2D eigenvalue weighted by Crippen LogP contribution is 2.51. The summed E-state index contributed by atoms with van der Waals surface area (Å²) in [4.78, 5) is 30.9. The van der Waals surface area contributed by atoms with E-state index >= 15 is 0 Å². The van der Waals surface area contributed by atoms with Gasteiger partial charge >= 0.3 is 6.09 Å². The Labute approximate surface area is 228 Å². The number of carbonyl (C=O) groups is 1. The monoisotopic (exact) mass is 628 g/mol. The molecule has 1 N–H and O–H groups in total. The fourth-order valence-corrected chi connectivity index (χ4v) is 7.33. The van der Waals surface area contributed by atoms with Crippen molar-refractivity contribution in [3.8, 4) is 0 Å². The van der Waals surface area contributed by atoms with Gasteiger partial charge in [-0.15, -0.1) is 0 Å². The van der Waals surface area contributed by atoms with Gasteiger partial charge in [0.1, 0.15) is 18.2 Å². The molecule has 0 spiro atoms. The van der Waals surface area contributed by atoms with Crippen LogP contribution in [0.1, 0.15) is 58.2 Å². The molecule has 2 fully saturated rings. The molecule has 8 nitrogen and oxygen atoms in total. The fourth-order valence-electron chi connectivity index (χ4n) is 5.77. The van der Waals surface area contributed by atoms with Crippen molar-refractivity contribution in [3.63, 3.8) is 0 Å². The summed E-state index contributed by atoms with van der Waals surface area (Å²) in [6.45, 7) is 13.8. The zero-order chi connectivity index (χ0) is 26.4. The topological polar surface area (TPSA) is 87.4 Å². The minimum absolute atomic E-state index is 0.00801. The molecule has 2 aromatic heterocycles. The Morgan fingerprint density at radius 3 is 2.44 bits per heavy atom. The fraction of sp³-hybridized carbons (Fsp3) is 0.731. The average molecular weight is 629 g/mol. The van der Waals surface area contributed by atoms with E-state index in [2.05, 4.69) is 47.5 Å². The van der Waals surface area contributed by atoms with E-state index in [0.717, 1.165) is 53.4 Å². The number of aromatic nitrogens is 3. The average Bonchev–Trinajstić information content (AvgIpc) is 3.18. The standard InChI is InChI=1S/C26H41IN4O4Si/c1-26(2,3)35-25(33)28-18-12-16-8-9-17(13-18)20(16)22-29-23-21(24(32)30(22)4)19(27)14-31(23)15-34-10-11-36(5,6)7/h14,16-18,20H,8-13,15H2,1-7H3,(H,28,33). The van der Waals surface area contributed by atoms with Gasteiger partial charge in [0, 0.05) is 43.5 Å². The van der Waals surface area contributed by atoms with Crippen LogP contribution in [0.25, 0.3) is 11.0 Å². The molecule has 200 valence electrons. The zero-order valence-corrected chi connectivity index (χ0v) is 25.8. The predicted molar refractivity (Wildman–Crippen MR) is 153 cm³/mol. The van der Waals surface area contributed by atoms with Gasteiger partial charge in [-0.1, -0.05) is 19.6 Å². The second-order valence-electron chi connectivity index (χ2n) is 12.8. The first-order valence-electron chi connectivity index (χ1n) is 13.1. The maximum Gasteiger partial charge on any atom is 0.407 e. The van der Waals surface area contributed by atoms with Crippen LogP contribution >= 0.6 is 22.6 Å². The molecule has 2 unspecified atom stereocenters. The molecule has 36 heavy (non-hydrogen) atoms. The lowest BCUT2D eigenvalue weighted by Crippen LogP contribution is -2.44. The Balaban J connectivity index is 1.55. The third-order valence-electron chi connectivity index (χ3n) is 7.43. The molecule has 4 rings (SSSR count). The summed E-state index contributed by atoms with van der Waals surface area (Å²) in [7, 11) is 0.687. The highest BCUT2D eigenvalue weighted by Gasteiger charge is 2.46. The molecule has 0 aromatic carbocycles. The molecular weight excluding hydrogens is 587 g/mol. The molecule has 0 aliphatic heterocycles. The lowest BCUT2D eigenvalue weighted by molar-refractivity contribution is 0.0477. The van der Waals surface area contributed by atoms with E-state index in [1.165, 1.54) is 0 Å². The van der Waals surface area contributed by atoms with Crippen molar-refractivity contribution in [2.75, 3.05) is 6.61 Å². The number of hydrogen-bond acceptors (Lipinski definition) is 5. The van der Waals surface area contributed by atoms with Crippen molar-refractivity contribution in [2.45, 2.75) is 96.4 Å². The Kier molecular flexibility index (Phi) is 7.98. The molecule has 0 saturated heterocycles. The molecule has 2 atom stereocenters.